The van der Waals surface area contributed by atoms with Gasteiger partial charge in [0, 0.05) is 16.3 Å². The van der Waals surface area contributed by atoms with Crippen molar-refractivity contribution in [1.29, 1.82) is 0 Å². The third kappa shape index (κ3) is 5.34. The number of hydrogen-bond acceptors (Lipinski definition) is 7. The normalized spacial score (nSPS) is 10.4. The standard InChI is InChI=1S/C21H20ClN3O4S/c1-27-17-10-13(11-18(28-2)21(17)29-3)16-8-9-20(25-24-16)30-12-19(26)23-15-6-4-14(22)5-7-15/h4-11H,12H2,1-3H3,(H,23,26). The Balaban J connectivity index is 1.66. The molecule has 0 aliphatic carbocycles. The van der Waals surface area contributed by atoms with Crippen LogP contribution in [-0.4, -0.2) is 43.2 Å². The van der Waals surface area contributed by atoms with Crippen molar-refractivity contribution in [2.45, 2.75) is 5.03 Å². The maximum atomic E-state index is 12.1. The lowest BCUT2D eigenvalue weighted by molar-refractivity contribution is -0.113. The lowest BCUT2D eigenvalue weighted by atomic mass is 10.1. The summed E-state index contributed by atoms with van der Waals surface area (Å²) in [5, 5.41) is 12.5. The summed E-state index contributed by atoms with van der Waals surface area (Å²) in [6.45, 7) is 0. The van der Waals surface area contributed by atoms with Crippen LogP contribution in [0.5, 0.6) is 17.2 Å². The second-order valence-corrected chi connectivity index (χ2v) is 7.45. The molecule has 2 aromatic carbocycles. The molecular weight excluding hydrogens is 426 g/mol. The van der Waals surface area contributed by atoms with E-state index in [2.05, 4.69) is 15.5 Å². The molecule has 1 N–H and O–H groups in total. The number of carbonyl (C=O) groups excluding carboxylic acids is 1. The zero-order valence-corrected chi connectivity index (χ0v) is 18.2. The Hall–Kier alpha value is -2.97. The van der Waals surface area contributed by atoms with E-state index < -0.39 is 0 Å². The zero-order valence-electron chi connectivity index (χ0n) is 16.6. The summed E-state index contributed by atoms with van der Waals surface area (Å²) in [6, 6.07) is 14.2. The van der Waals surface area contributed by atoms with Crippen LogP contribution in [-0.2, 0) is 4.79 Å². The van der Waals surface area contributed by atoms with Crippen LogP contribution in [0.3, 0.4) is 0 Å². The Morgan fingerprint density at radius 3 is 2.17 bits per heavy atom. The van der Waals surface area contributed by atoms with Gasteiger partial charge in [-0.2, -0.15) is 0 Å². The third-order valence-electron chi connectivity index (χ3n) is 4.08. The predicted octanol–water partition coefficient (Wildman–Crippen LogP) is 4.55. The van der Waals surface area contributed by atoms with Crippen LogP contribution in [0.1, 0.15) is 0 Å². The number of rotatable bonds is 8. The quantitative estimate of drug-likeness (QED) is 0.509. The van der Waals surface area contributed by atoms with Gasteiger partial charge < -0.3 is 19.5 Å². The molecule has 156 valence electrons. The highest BCUT2D eigenvalue weighted by atomic mass is 35.5. The van der Waals surface area contributed by atoms with Gasteiger partial charge >= 0.3 is 0 Å². The maximum Gasteiger partial charge on any atom is 0.234 e. The first-order valence-corrected chi connectivity index (χ1v) is 10.2. The van der Waals surface area contributed by atoms with Crippen molar-refractivity contribution >= 4 is 35.0 Å². The minimum absolute atomic E-state index is 0.141. The van der Waals surface area contributed by atoms with Crippen molar-refractivity contribution in [3.8, 4) is 28.5 Å². The van der Waals surface area contributed by atoms with E-state index >= 15 is 0 Å². The van der Waals surface area contributed by atoms with Crippen LogP contribution in [0.4, 0.5) is 5.69 Å². The van der Waals surface area contributed by atoms with E-state index in [1.54, 1.807) is 57.7 Å². The van der Waals surface area contributed by atoms with Gasteiger partial charge in [-0.25, -0.2) is 0 Å². The number of halogens is 1. The Kier molecular flexibility index (Phi) is 7.37. The topological polar surface area (TPSA) is 82.6 Å². The predicted molar refractivity (Wildman–Crippen MR) is 118 cm³/mol. The first-order valence-electron chi connectivity index (χ1n) is 8.86. The SMILES string of the molecule is COc1cc(-c2ccc(SCC(=O)Nc3ccc(Cl)cc3)nn2)cc(OC)c1OC. The van der Waals surface area contributed by atoms with Gasteiger partial charge in [0.2, 0.25) is 11.7 Å². The van der Waals surface area contributed by atoms with E-state index in [1.165, 1.54) is 11.8 Å². The van der Waals surface area contributed by atoms with E-state index in [-0.39, 0.29) is 11.7 Å². The van der Waals surface area contributed by atoms with Gasteiger partial charge in [0.05, 0.1) is 32.8 Å². The van der Waals surface area contributed by atoms with Gasteiger partial charge in [0.1, 0.15) is 5.03 Å². The van der Waals surface area contributed by atoms with Gasteiger partial charge in [0.25, 0.3) is 0 Å². The largest absolute Gasteiger partial charge is 0.493 e. The van der Waals surface area contributed by atoms with Crippen LogP contribution < -0.4 is 19.5 Å². The van der Waals surface area contributed by atoms with Crippen molar-refractivity contribution in [1.82, 2.24) is 10.2 Å². The molecule has 0 radical (unpaired) electrons. The fourth-order valence-electron chi connectivity index (χ4n) is 2.65. The van der Waals surface area contributed by atoms with Gasteiger partial charge in [-0.1, -0.05) is 23.4 Å². The highest BCUT2D eigenvalue weighted by molar-refractivity contribution is 7.99. The molecule has 3 aromatic rings. The van der Waals surface area contributed by atoms with E-state index in [0.717, 1.165) is 5.56 Å². The van der Waals surface area contributed by atoms with E-state index in [9.17, 15) is 4.79 Å². The third-order valence-corrected chi connectivity index (χ3v) is 5.25. The minimum Gasteiger partial charge on any atom is -0.493 e. The number of carbonyl (C=O) groups is 1. The van der Waals surface area contributed by atoms with Gasteiger partial charge in [-0.15, -0.1) is 10.2 Å². The average Bonchev–Trinajstić information content (AvgIpc) is 2.78. The molecule has 1 heterocycles. The molecular formula is C21H20ClN3O4S. The summed E-state index contributed by atoms with van der Waals surface area (Å²) in [5.41, 5.74) is 2.10. The Morgan fingerprint density at radius 1 is 0.967 bits per heavy atom. The number of nitrogens with zero attached hydrogens (tertiary/aromatic N) is 2. The molecule has 0 bridgehead atoms. The number of anilines is 1. The Morgan fingerprint density at radius 2 is 1.63 bits per heavy atom. The number of hydrogen-bond donors (Lipinski definition) is 1. The monoisotopic (exact) mass is 445 g/mol. The Labute approximate surface area is 183 Å². The molecule has 7 nitrogen and oxygen atoms in total. The fraction of sp³-hybridized carbons (Fsp3) is 0.190. The summed E-state index contributed by atoms with van der Waals surface area (Å²) >= 11 is 7.14. The minimum atomic E-state index is -0.141. The van der Waals surface area contributed by atoms with E-state index in [0.29, 0.717) is 38.7 Å². The van der Waals surface area contributed by atoms with Crippen molar-refractivity contribution < 1.29 is 19.0 Å². The number of methoxy groups -OCH3 is 3. The maximum absolute atomic E-state index is 12.1. The summed E-state index contributed by atoms with van der Waals surface area (Å²) in [5.74, 6) is 1.64. The van der Waals surface area contributed by atoms with Crippen LogP contribution in [0.25, 0.3) is 11.3 Å². The van der Waals surface area contributed by atoms with Gasteiger partial charge in [-0.05, 0) is 48.5 Å². The number of amides is 1. The number of thioether (sulfide) groups is 1. The van der Waals surface area contributed by atoms with Crippen LogP contribution in [0.15, 0.2) is 53.6 Å². The molecule has 0 saturated heterocycles. The lowest BCUT2D eigenvalue weighted by Crippen LogP contribution is -2.14. The molecule has 9 heteroatoms. The van der Waals surface area contributed by atoms with Crippen LogP contribution in [0.2, 0.25) is 5.02 Å². The summed E-state index contributed by atoms with van der Waals surface area (Å²) in [6.07, 6.45) is 0. The van der Waals surface area contributed by atoms with Crippen molar-refractivity contribution in [3.05, 3.63) is 53.6 Å². The zero-order chi connectivity index (χ0) is 21.5. The molecule has 0 aliphatic heterocycles. The van der Waals surface area contributed by atoms with E-state index in [1.807, 2.05) is 12.1 Å². The lowest BCUT2D eigenvalue weighted by Gasteiger charge is -2.13. The van der Waals surface area contributed by atoms with E-state index in [4.69, 9.17) is 25.8 Å². The molecule has 0 spiro atoms. The molecule has 3 rings (SSSR count). The van der Waals surface area contributed by atoms with Crippen molar-refractivity contribution in [3.63, 3.8) is 0 Å². The van der Waals surface area contributed by atoms with Gasteiger partial charge in [0.15, 0.2) is 11.5 Å². The van der Waals surface area contributed by atoms with Crippen LogP contribution in [0, 0.1) is 0 Å². The molecule has 0 aliphatic rings. The highest BCUT2D eigenvalue weighted by Crippen LogP contribution is 2.40. The number of benzene rings is 2. The van der Waals surface area contributed by atoms with Crippen molar-refractivity contribution in [2.24, 2.45) is 0 Å². The molecule has 0 saturated carbocycles. The molecule has 0 atom stereocenters. The number of nitrogens with one attached hydrogen (secondary N) is 1. The second kappa shape index (κ2) is 10.2. The summed E-state index contributed by atoms with van der Waals surface area (Å²) < 4.78 is 16.1. The smallest absolute Gasteiger partial charge is 0.234 e. The number of aromatic nitrogens is 2. The molecule has 1 aromatic heterocycles. The Bertz CT molecular complexity index is 989. The second-order valence-electron chi connectivity index (χ2n) is 6.01. The first kappa shape index (κ1) is 21.7. The molecule has 0 unspecified atom stereocenters. The summed E-state index contributed by atoms with van der Waals surface area (Å²) in [7, 11) is 4.66. The van der Waals surface area contributed by atoms with Crippen LogP contribution >= 0.6 is 23.4 Å². The average molecular weight is 446 g/mol. The van der Waals surface area contributed by atoms with Crippen molar-refractivity contribution in [2.75, 3.05) is 32.4 Å². The van der Waals surface area contributed by atoms with Gasteiger partial charge in [-0.3, -0.25) is 4.79 Å². The summed E-state index contributed by atoms with van der Waals surface area (Å²) in [4.78, 5) is 12.1. The molecule has 1 amide bonds. The molecule has 0 fully saturated rings. The fourth-order valence-corrected chi connectivity index (χ4v) is 3.39. The first-order chi connectivity index (χ1) is 14.5. The highest BCUT2D eigenvalue weighted by Gasteiger charge is 2.15. The molecule has 30 heavy (non-hydrogen) atoms. The number of ether oxygens (including phenoxy) is 3.